The molecule has 31 heavy (non-hydrogen) atoms. The Labute approximate surface area is 186 Å². The number of benzene rings is 2. The highest BCUT2D eigenvalue weighted by Crippen LogP contribution is 2.34. The highest BCUT2D eigenvalue weighted by molar-refractivity contribution is 6.32. The second kappa shape index (κ2) is 9.38. The number of piperidine rings is 1. The first-order chi connectivity index (χ1) is 15.1. The lowest BCUT2D eigenvalue weighted by Crippen LogP contribution is -2.34. The number of nitriles is 1. The van der Waals surface area contributed by atoms with Crippen molar-refractivity contribution in [2.24, 2.45) is 5.92 Å². The molecule has 0 unspecified atom stereocenters. The van der Waals surface area contributed by atoms with Crippen molar-refractivity contribution in [1.29, 1.82) is 5.26 Å². The molecule has 1 saturated heterocycles. The maximum absolute atomic E-state index is 9.59. The first-order valence-electron chi connectivity index (χ1n) is 10.2. The molecular weight excluding hydrogens is 414 g/mol. The van der Waals surface area contributed by atoms with Crippen molar-refractivity contribution >= 4 is 33.9 Å². The summed E-state index contributed by atoms with van der Waals surface area (Å²) >= 11 is 6.24. The van der Waals surface area contributed by atoms with Crippen LogP contribution in [0.2, 0.25) is 5.02 Å². The summed E-state index contributed by atoms with van der Waals surface area (Å²) in [5.74, 6) is 1.59. The molecule has 0 spiro atoms. The van der Waals surface area contributed by atoms with Gasteiger partial charge in [-0.25, -0.2) is 0 Å². The predicted octanol–water partition coefficient (Wildman–Crippen LogP) is 3.98. The summed E-state index contributed by atoms with van der Waals surface area (Å²) in [6, 6.07) is 11.6. The van der Waals surface area contributed by atoms with E-state index in [0.29, 0.717) is 34.6 Å². The molecule has 0 atom stereocenters. The van der Waals surface area contributed by atoms with E-state index in [0.717, 1.165) is 48.0 Å². The van der Waals surface area contributed by atoms with Gasteiger partial charge in [0.2, 0.25) is 0 Å². The molecule has 1 aliphatic heterocycles. The van der Waals surface area contributed by atoms with Crippen LogP contribution in [0.4, 0.5) is 11.5 Å². The largest absolute Gasteiger partial charge is 0.495 e. The zero-order valence-electron chi connectivity index (χ0n) is 17.3. The molecule has 3 aromatic rings. The number of fused-ring (bicyclic) bond motifs is 1. The van der Waals surface area contributed by atoms with Crippen LogP contribution in [0.5, 0.6) is 5.75 Å². The third-order valence-electron chi connectivity index (χ3n) is 5.78. The van der Waals surface area contributed by atoms with Crippen LogP contribution in [0, 0.1) is 17.2 Å². The molecule has 1 aliphatic rings. The van der Waals surface area contributed by atoms with E-state index < -0.39 is 0 Å². The average Bonchev–Trinajstić information content (AvgIpc) is 2.82. The molecular formula is C23H24ClN5O2. The van der Waals surface area contributed by atoms with E-state index in [1.54, 1.807) is 13.3 Å². The Morgan fingerprint density at radius 3 is 2.74 bits per heavy atom. The number of ether oxygens (including phenoxy) is 1. The van der Waals surface area contributed by atoms with Gasteiger partial charge >= 0.3 is 0 Å². The molecule has 2 heterocycles. The number of hydrogen-bond donors (Lipinski definition) is 2. The zero-order chi connectivity index (χ0) is 21.8. The fourth-order valence-electron chi connectivity index (χ4n) is 3.99. The van der Waals surface area contributed by atoms with Crippen molar-refractivity contribution in [3.8, 4) is 11.8 Å². The summed E-state index contributed by atoms with van der Waals surface area (Å²) in [6.07, 6.45) is 3.60. The molecule has 0 saturated carbocycles. The van der Waals surface area contributed by atoms with Crippen LogP contribution in [0.1, 0.15) is 24.0 Å². The molecule has 2 aromatic carbocycles. The van der Waals surface area contributed by atoms with Crippen LogP contribution in [0.3, 0.4) is 0 Å². The number of aliphatic hydroxyl groups is 1. The molecule has 0 bridgehead atoms. The van der Waals surface area contributed by atoms with Gasteiger partial charge in [-0.3, -0.25) is 0 Å². The van der Waals surface area contributed by atoms with Gasteiger partial charge in [-0.15, -0.1) is 5.10 Å². The maximum atomic E-state index is 9.59. The topological polar surface area (TPSA) is 94.3 Å². The third kappa shape index (κ3) is 4.50. The monoisotopic (exact) mass is 437 g/mol. The number of aliphatic hydroxyl groups excluding tert-OH is 1. The van der Waals surface area contributed by atoms with Crippen molar-refractivity contribution in [2.75, 3.05) is 37.0 Å². The minimum absolute atomic E-state index is 0.224. The van der Waals surface area contributed by atoms with E-state index in [9.17, 15) is 10.4 Å². The fraction of sp³-hybridized carbons (Fsp3) is 0.348. The number of methoxy groups -OCH3 is 1. The van der Waals surface area contributed by atoms with Crippen LogP contribution >= 0.6 is 11.6 Å². The fourth-order valence-corrected chi connectivity index (χ4v) is 4.27. The van der Waals surface area contributed by atoms with Gasteiger partial charge in [0, 0.05) is 42.7 Å². The van der Waals surface area contributed by atoms with E-state index >= 15 is 0 Å². The maximum Gasteiger partial charge on any atom is 0.156 e. The number of halogens is 1. The van der Waals surface area contributed by atoms with Crippen molar-refractivity contribution in [3.05, 3.63) is 52.7 Å². The van der Waals surface area contributed by atoms with Crippen molar-refractivity contribution < 1.29 is 9.84 Å². The lowest BCUT2D eigenvalue weighted by atomic mass is 9.96. The van der Waals surface area contributed by atoms with Gasteiger partial charge in [0.05, 0.1) is 30.0 Å². The molecule has 7 nitrogen and oxygen atoms in total. The van der Waals surface area contributed by atoms with Crippen LogP contribution < -0.4 is 15.0 Å². The third-order valence-corrected chi connectivity index (χ3v) is 6.07. The first-order valence-corrected chi connectivity index (χ1v) is 10.6. The molecule has 0 radical (unpaired) electrons. The highest BCUT2D eigenvalue weighted by Gasteiger charge is 2.21. The molecule has 1 aromatic heterocycles. The van der Waals surface area contributed by atoms with Gasteiger partial charge in [0.15, 0.2) is 5.82 Å². The Balaban J connectivity index is 1.64. The number of rotatable bonds is 6. The van der Waals surface area contributed by atoms with E-state index in [1.807, 2.05) is 30.3 Å². The van der Waals surface area contributed by atoms with E-state index in [4.69, 9.17) is 16.3 Å². The van der Waals surface area contributed by atoms with Crippen LogP contribution in [0.15, 0.2) is 36.5 Å². The number of anilines is 2. The molecule has 2 N–H and O–H groups in total. The second-order valence-corrected chi connectivity index (χ2v) is 8.10. The predicted molar refractivity (Wildman–Crippen MR) is 122 cm³/mol. The number of nitrogens with one attached hydrogen (secondary N) is 1. The van der Waals surface area contributed by atoms with Gasteiger partial charge in [-0.2, -0.15) is 10.4 Å². The van der Waals surface area contributed by atoms with E-state index in [-0.39, 0.29) is 6.61 Å². The first kappa shape index (κ1) is 21.2. The Morgan fingerprint density at radius 2 is 2.06 bits per heavy atom. The average molecular weight is 438 g/mol. The van der Waals surface area contributed by atoms with Gasteiger partial charge < -0.3 is 20.1 Å². The molecule has 4 rings (SSSR count). The Bertz CT molecular complexity index is 1120. The van der Waals surface area contributed by atoms with E-state index in [2.05, 4.69) is 26.5 Å². The van der Waals surface area contributed by atoms with Crippen molar-refractivity contribution in [1.82, 2.24) is 10.2 Å². The normalized spacial score (nSPS) is 14.5. The number of aromatic nitrogens is 2. The Morgan fingerprint density at radius 1 is 1.26 bits per heavy atom. The number of nitrogens with zero attached hydrogens (tertiary/aromatic N) is 4. The minimum atomic E-state index is 0.224. The summed E-state index contributed by atoms with van der Waals surface area (Å²) in [5, 5.41) is 33.2. The molecule has 8 heteroatoms. The van der Waals surface area contributed by atoms with Gasteiger partial charge in [0.25, 0.3) is 0 Å². The van der Waals surface area contributed by atoms with Crippen LogP contribution in [0.25, 0.3) is 10.8 Å². The lowest BCUT2D eigenvalue weighted by molar-refractivity contribution is 0.203. The van der Waals surface area contributed by atoms with Crippen molar-refractivity contribution in [2.45, 2.75) is 19.4 Å². The summed E-state index contributed by atoms with van der Waals surface area (Å²) in [4.78, 5) is 2.27. The van der Waals surface area contributed by atoms with E-state index in [1.165, 1.54) is 0 Å². The van der Waals surface area contributed by atoms with Gasteiger partial charge in [-0.1, -0.05) is 17.7 Å². The molecule has 160 valence electrons. The lowest BCUT2D eigenvalue weighted by Gasteiger charge is -2.33. The summed E-state index contributed by atoms with van der Waals surface area (Å²) in [5.41, 5.74) is 2.54. The second-order valence-electron chi connectivity index (χ2n) is 7.70. The Kier molecular flexibility index (Phi) is 6.40. The quantitative estimate of drug-likeness (QED) is 0.602. The zero-order valence-corrected chi connectivity index (χ0v) is 18.1. The van der Waals surface area contributed by atoms with Crippen LogP contribution in [-0.2, 0) is 6.54 Å². The molecule has 1 fully saturated rings. The van der Waals surface area contributed by atoms with Gasteiger partial charge in [0.1, 0.15) is 5.75 Å². The number of hydrogen-bond acceptors (Lipinski definition) is 7. The molecule has 0 amide bonds. The minimum Gasteiger partial charge on any atom is -0.495 e. The summed E-state index contributed by atoms with van der Waals surface area (Å²) in [7, 11) is 1.58. The van der Waals surface area contributed by atoms with Crippen LogP contribution in [-0.4, -0.2) is 42.1 Å². The summed E-state index contributed by atoms with van der Waals surface area (Å²) < 4.78 is 5.21. The van der Waals surface area contributed by atoms with Crippen molar-refractivity contribution in [3.63, 3.8) is 0 Å². The Hall–Kier alpha value is -3.08. The summed E-state index contributed by atoms with van der Waals surface area (Å²) in [6.45, 7) is 2.41. The SMILES string of the molecule is COc1ccc(CNc2nncc3c(N4CCC(CO)CC4)cc(C#N)cc23)cc1Cl. The smallest absolute Gasteiger partial charge is 0.156 e. The standard InChI is InChI=1S/C23H24ClN5O2/c1-31-22-3-2-16(9-20(22)24)12-26-23-18-8-17(11-25)10-21(19(18)13-27-28-23)29-6-4-15(14-30)5-7-29/h2-3,8-10,13,15,30H,4-7,12,14H2,1H3,(H,26,28). The molecule has 0 aliphatic carbocycles. The van der Waals surface area contributed by atoms with Gasteiger partial charge in [-0.05, 0) is 48.6 Å². The highest BCUT2D eigenvalue weighted by atomic mass is 35.5.